The van der Waals surface area contributed by atoms with E-state index in [0.29, 0.717) is 0 Å². The molecule has 0 fully saturated rings. The molecule has 0 radical (unpaired) electrons. The molecular weight excluding hydrogens is 508 g/mol. The quantitative estimate of drug-likeness (QED) is 0.215. The van der Waals surface area contributed by atoms with Gasteiger partial charge in [-0.15, -0.1) is 0 Å². The second kappa shape index (κ2) is 8.41. The van der Waals surface area contributed by atoms with Crippen LogP contribution < -0.4 is 0 Å². The molecule has 0 N–H and O–H groups in total. The number of aromatic nitrogens is 2. The molecule has 2 heteroatoms. The Morgan fingerprint density at radius 1 is 0.595 bits per heavy atom. The maximum atomic E-state index is 4.59. The lowest BCUT2D eigenvalue weighted by Gasteiger charge is -2.35. The number of hydrogen-bond donors (Lipinski definition) is 0. The largest absolute Gasteiger partial charge is 0.309 e. The topological polar surface area (TPSA) is 17.8 Å². The summed E-state index contributed by atoms with van der Waals surface area (Å²) in [6, 6.07) is 46.7. The number of rotatable bonds is 2. The number of pyridine rings is 1. The van der Waals surface area contributed by atoms with Gasteiger partial charge >= 0.3 is 0 Å². The Morgan fingerprint density at radius 3 is 2.21 bits per heavy atom. The summed E-state index contributed by atoms with van der Waals surface area (Å²) in [5.74, 6) is 0. The standard InChI is InChI=1S/C40H28N2/c1-40(2)32-14-6-5-13-30(32)38-36-27(11-9-15-33(36)40)24-31-37-29-12-4-3-10-25(29)19-22-35(37)42(39(31)38)28-20-17-26(18-21-28)34-16-7-8-23-41-34/h3-24H,1-2H3. The second-order valence-electron chi connectivity index (χ2n) is 12.0. The summed E-state index contributed by atoms with van der Waals surface area (Å²) in [7, 11) is 0. The molecule has 8 aromatic rings. The molecule has 2 nitrogen and oxygen atoms in total. The van der Waals surface area contributed by atoms with Crippen molar-refractivity contribution in [2.45, 2.75) is 19.3 Å². The molecule has 0 spiro atoms. The van der Waals surface area contributed by atoms with E-state index in [1.165, 1.54) is 65.6 Å². The van der Waals surface area contributed by atoms with Gasteiger partial charge in [0, 0.05) is 39.2 Å². The molecule has 0 saturated carbocycles. The fraction of sp³-hybridized carbons (Fsp3) is 0.0750. The normalized spacial score (nSPS) is 13.7. The zero-order chi connectivity index (χ0) is 28.0. The third kappa shape index (κ3) is 3.07. The van der Waals surface area contributed by atoms with E-state index in [0.717, 1.165) is 16.9 Å². The maximum absolute atomic E-state index is 4.59. The van der Waals surface area contributed by atoms with Crippen LogP contribution >= 0.6 is 0 Å². The first-order chi connectivity index (χ1) is 20.6. The minimum absolute atomic E-state index is 0.0926. The Kier molecular flexibility index (Phi) is 4.70. The molecular formula is C40H28N2. The number of fused-ring (bicyclic) bond motifs is 8. The van der Waals surface area contributed by atoms with E-state index in [1.807, 2.05) is 18.3 Å². The molecule has 1 aliphatic carbocycles. The molecule has 0 saturated heterocycles. The summed E-state index contributed by atoms with van der Waals surface area (Å²) in [5, 5.41) is 7.82. The van der Waals surface area contributed by atoms with Crippen LogP contribution in [0.3, 0.4) is 0 Å². The van der Waals surface area contributed by atoms with E-state index in [1.54, 1.807) is 0 Å². The van der Waals surface area contributed by atoms with Crippen LogP contribution in [-0.4, -0.2) is 9.55 Å². The van der Waals surface area contributed by atoms with Crippen LogP contribution in [-0.2, 0) is 5.41 Å². The zero-order valence-corrected chi connectivity index (χ0v) is 23.6. The monoisotopic (exact) mass is 536 g/mol. The van der Waals surface area contributed by atoms with Crippen LogP contribution in [0.25, 0.3) is 71.4 Å². The van der Waals surface area contributed by atoms with Gasteiger partial charge < -0.3 is 4.57 Å². The average Bonchev–Trinajstić information content (AvgIpc) is 3.38. The zero-order valence-electron chi connectivity index (χ0n) is 23.6. The highest BCUT2D eigenvalue weighted by atomic mass is 15.0. The smallest absolute Gasteiger partial charge is 0.0701 e. The summed E-state index contributed by atoms with van der Waals surface area (Å²) in [6.45, 7) is 4.74. The lowest BCUT2D eigenvalue weighted by Crippen LogP contribution is -2.23. The Morgan fingerprint density at radius 2 is 1.36 bits per heavy atom. The Labute approximate surface area is 244 Å². The maximum Gasteiger partial charge on any atom is 0.0701 e. The highest BCUT2D eigenvalue weighted by Crippen LogP contribution is 2.53. The van der Waals surface area contributed by atoms with Gasteiger partial charge in [-0.3, -0.25) is 4.98 Å². The SMILES string of the molecule is CC1(C)c2ccccc2-c2c3c1cccc3cc1c3c4ccccc4ccc3n(-c3ccc(-c4ccccn4)cc3)c21. The lowest BCUT2D eigenvalue weighted by atomic mass is 9.68. The Hall–Kier alpha value is -5.21. The van der Waals surface area contributed by atoms with Crippen molar-refractivity contribution in [3.05, 3.63) is 145 Å². The molecule has 9 rings (SSSR count). The molecule has 2 aromatic heterocycles. The minimum Gasteiger partial charge on any atom is -0.309 e. The summed E-state index contributed by atoms with van der Waals surface area (Å²) in [4.78, 5) is 4.59. The Balaban J connectivity index is 1.49. The molecule has 0 amide bonds. The van der Waals surface area contributed by atoms with E-state index in [4.69, 9.17) is 0 Å². The average molecular weight is 537 g/mol. The van der Waals surface area contributed by atoms with Crippen molar-refractivity contribution in [3.63, 3.8) is 0 Å². The van der Waals surface area contributed by atoms with Gasteiger partial charge in [-0.25, -0.2) is 0 Å². The van der Waals surface area contributed by atoms with Crippen molar-refractivity contribution >= 4 is 43.4 Å². The molecule has 0 atom stereocenters. The number of benzene rings is 6. The van der Waals surface area contributed by atoms with Crippen molar-refractivity contribution in [1.29, 1.82) is 0 Å². The van der Waals surface area contributed by atoms with Gasteiger partial charge in [-0.05, 0) is 74.6 Å². The molecule has 2 heterocycles. The third-order valence-corrected chi connectivity index (χ3v) is 9.41. The van der Waals surface area contributed by atoms with Gasteiger partial charge in [0.05, 0.1) is 16.7 Å². The van der Waals surface area contributed by atoms with Crippen molar-refractivity contribution < 1.29 is 0 Å². The molecule has 0 aliphatic heterocycles. The summed E-state index contributed by atoms with van der Waals surface area (Å²) in [5.41, 5.74) is 11.1. The van der Waals surface area contributed by atoms with Crippen molar-refractivity contribution in [2.75, 3.05) is 0 Å². The summed E-state index contributed by atoms with van der Waals surface area (Å²) < 4.78 is 2.50. The van der Waals surface area contributed by atoms with Gasteiger partial charge in [0.15, 0.2) is 0 Å². The van der Waals surface area contributed by atoms with Gasteiger partial charge in [0.2, 0.25) is 0 Å². The Bertz CT molecular complexity index is 2360. The predicted molar refractivity (Wildman–Crippen MR) is 177 cm³/mol. The number of hydrogen-bond acceptors (Lipinski definition) is 1. The minimum atomic E-state index is -0.0926. The van der Waals surface area contributed by atoms with E-state index < -0.39 is 0 Å². The molecule has 6 aromatic carbocycles. The molecule has 198 valence electrons. The van der Waals surface area contributed by atoms with Gasteiger partial charge in [0.1, 0.15) is 0 Å². The van der Waals surface area contributed by atoms with Gasteiger partial charge in [-0.2, -0.15) is 0 Å². The fourth-order valence-corrected chi connectivity index (χ4v) is 7.48. The van der Waals surface area contributed by atoms with E-state index in [-0.39, 0.29) is 5.41 Å². The first kappa shape index (κ1) is 23.5. The summed E-state index contributed by atoms with van der Waals surface area (Å²) >= 11 is 0. The highest BCUT2D eigenvalue weighted by molar-refractivity contribution is 6.28. The van der Waals surface area contributed by atoms with Crippen molar-refractivity contribution in [1.82, 2.24) is 9.55 Å². The van der Waals surface area contributed by atoms with E-state index >= 15 is 0 Å². The highest BCUT2D eigenvalue weighted by Gasteiger charge is 2.35. The molecule has 0 bridgehead atoms. The third-order valence-electron chi connectivity index (χ3n) is 9.41. The first-order valence-corrected chi connectivity index (χ1v) is 14.6. The van der Waals surface area contributed by atoms with Crippen LogP contribution in [0.2, 0.25) is 0 Å². The van der Waals surface area contributed by atoms with E-state index in [9.17, 15) is 0 Å². The molecule has 42 heavy (non-hydrogen) atoms. The lowest BCUT2D eigenvalue weighted by molar-refractivity contribution is 0.645. The fourth-order valence-electron chi connectivity index (χ4n) is 7.48. The van der Waals surface area contributed by atoms with E-state index in [2.05, 4.69) is 139 Å². The molecule has 0 unspecified atom stereocenters. The van der Waals surface area contributed by atoms with Crippen LogP contribution in [0.5, 0.6) is 0 Å². The van der Waals surface area contributed by atoms with Crippen LogP contribution in [0.4, 0.5) is 0 Å². The second-order valence-corrected chi connectivity index (χ2v) is 12.0. The van der Waals surface area contributed by atoms with Crippen molar-refractivity contribution in [2.24, 2.45) is 0 Å². The predicted octanol–water partition coefficient (Wildman–Crippen LogP) is 10.5. The van der Waals surface area contributed by atoms with Gasteiger partial charge in [-0.1, -0.05) is 105 Å². The van der Waals surface area contributed by atoms with Crippen molar-refractivity contribution in [3.8, 4) is 28.1 Å². The summed E-state index contributed by atoms with van der Waals surface area (Å²) in [6.07, 6.45) is 1.85. The number of nitrogens with zero attached hydrogens (tertiary/aromatic N) is 2. The van der Waals surface area contributed by atoms with Crippen LogP contribution in [0, 0.1) is 0 Å². The molecule has 1 aliphatic rings. The first-order valence-electron chi connectivity index (χ1n) is 14.6. The van der Waals surface area contributed by atoms with Crippen LogP contribution in [0.15, 0.2) is 134 Å². The van der Waals surface area contributed by atoms with Crippen LogP contribution in [0.1, 0.15) is 25.0 Å². The van der Waals surface area contributed by atoms with Gasteiger partial charge in [0.25, 0.3) is 0 Å².